The highest BCUT2D eigenvalue weighted by atomic mass is 16.2. The van der Waals surface area contributed by atoms with Crippen LogP contribution in [0.2, 0.25) is 0 Å². The van der Waals surface area contributed by atoms with Gasteiger partial charge in [0.1, 0.15) is 0 Å². The maximum absolute atomic E-state index is 12.7. The van der Waals surface area contributed by atoms with Crippen LogP contribution in [-0.4, -0.2) is 30.4 Å². The third-order valence-corrected chi connectivity index (χ3v) is 4.92. The number of amides is 1. The normalized spacial score (nSPS) is 29.8. The van der Waals surface area contributed by atoms with Crippen molar-refractivity contribution >= 4 is 5.91 Å². The average Bonchev–Trinajstić information content (AvgIpc) is 3.11. The molecule has 19 heavy (non-hydrogen) atoms. The second-order valence-corrected chi connectivity index (χ2v) is 7.27. The van der Waals surface area contributed by atoms with Crippen molar-refractivity contribution in [2.75, 3.05) is 19.6 Å². The summed E-state index contributed by atoms with van der Waals surface area (Å²) in [5, 5.41) is 0. The molecule has 2 aliphatic carbocycles. The fourth-order valence-electron chi connectivity index (χ4n) is 3.69. The van der Waals surface area contributed by atoms with Crippen molar-refractivity contribution < 1.29 is 4.79 Å². The van der Waals surface area contributed by atoms with Crippen LogP contribution in [0.3, 0.4) is 0 Å². The summed E-state index contributed by atoms with van der Waals surface area (Å²) in [6.07, 6.45) is 6.25. The summed E-state index contributed by atoms with van der Waals surface area (Å²) in [4.78, 5) is 14.8. The van der Waals surface area contributed by atoms with Gasteiger partial charge in [-0.3, -0.25) is 4.79 Å². The Kier molecular flexibility index (Phi) is 4.54. The maximum Gasteiger partial charge on any atom is 0.226 e. The van der Waals surface area contributed by atoms with E-state index in [-0.39, 0.29) is 5.41 Å². The molecule has 0 heterocycles. The third kappa shape index (κ3) is 3.31. The first-order valence-corrected chi connectivity index (χ1v) is 7.99. The van der Waals surface area contributed by atoms with E-state index in [1.165, 1.54) is 25.7 Å². The van der Waals surface area contributed by atoms with Crippen LogP contribution in [0, 0.1) is 23.2 Å². The molecule has 2 rings (SSSR count). The van der Waals surface area contributed by atoms with E-state index in [2.05, 4.69) is 25.7 Å². The Balaban J connectivity index is 1.97. The van der Waals surface area contributed by atoms with E-state index in [1.54, 1.807) is 0 Å². The van der Waals surface area contributed by atoms with Gasteiger partial charge in [0, 0.05) is 19.0 Å². The van der Waals surface area contributed by atoms with Crippen LogP contribution in [0.25, 0.3) is 0 Å². The fourth-order valence-corrected chi connectivity index (χ4v) is 3.69. The third-order valence-electron chi connectivity index (χ3n) is 4.92. The van der Waals surface area contributed by atoms with Crippen LogP contribution in [0.4, 0.5) is 0 Å². The van der Waals surface area contributed by atoms with Gasteiger partial charge >= 0.3 is 0 Å². The summed E-state index contributed by atoms with van der Waals surface area (Å²) >= 11 is 0. The molecule has 2 saturated carbocycles. The molecule has 2 fully saturated rings. The fraction of sp³-hybridized carbons (Fsp3) is 0.938. The molecular formula is C16H30N2O. The Hall–Kier alpha value is -0.570. The molecule has 2 aliphatic rings. The van der Waals surface area contributed by atoms with Crippen molar-refractivity contribution in [1.82, 2.24) is 4.90 Å². The summed E-state index contributed by atoms with van der Waals surface area (Å²) < 4.78 is 0. The Morgan fingerprint density at radius 3 is 2.32 bits per heavy atom. The number of fused-ring (bicyclic) bond motifs is 1. The Bertz CT molecular complexity index is 315. The Morgan fingerprint density at radius 2 is 1.84 bits per heavy atom. The second-order valence-electron chi connectivity index (χ2n) is 7.27. The molecule has 0 aromatic carbocycles. The van der Waals surface area contributed by atoms with Crippen LogP contribution < -0.4 is 5.73 Å². The van der Waals surface area contributed by atoms with Gasteiger partial charge < -0.3 is 10.6 Å². The molecule has 3 nitrogen and oxygen atoms in total. The van der Waals surface area contributed by atoms with Crippen LogP contribution in [0.5, 0.6) is 0 Å². The molecular weight excluding hydrogens is 236 g/mol. The molecule has 3 heteroatoms. The summed E-state index contributed by atoms with van der Waals surface area (Å²) in [7, 11) is 0. The maximum atomic E-state index is 12.7. The van der Waals surface area contributed by atoms with Crippen molar-refractivity contribution in [2.24, 2.45) is 28.9 Å². The van der Waals surface area contributed by atoms with Crippen LogP contribution >= 0.6 is 0 Å². The number of nitrogens with zero attached hydrogens (tertiary/aromatic N) is 1. The molecule has 0 spiro atoms. The van der Waals surface area contributed by atoms with Gasteiger partial charge in [-0.1, -0.05) is 33.6 Å². The lowest BCUT2D eigenvalue weighted by Gasteiger charge is -2.32. The molecule has 0 aliphatic heterocycles. The van der Waals surface area contributed by atoms with Crippen molar-refractivity contribution in [3.63, 3.8) is 0 Å². The van der Waals surface area contributed by atoms with E-state index in [0.29, 0.717) is 30.2 Å². The minimum absolute atomic E-state index is 0.0326. The second kappa shape index (κ2) is 5.82. The number of nitrogens with two attached hydrogens (primary N) is 1. The predicted molar refractivity (Wildman–Crippen MR) is 78.6 cm³/mol. The van der Waals surface area contributed by atoms with Gasteiger partial charge in [-0.2, -0.15) is 0 Å². The largest absolute Gasteiger partial charge is 0.342 e. The van der Waals surface area contributed by atoms with Crippen LogP contribution in [0.1, 0.15) is 52.9 Å². The van der Waals surface area contributed by atoms with Gasteiger partial charge in [-0.15, -0.1) is 0 Å². The number of carbonyl (C=O) groups is 1. The zero-order valence-electron chi connectivity index (χ0n) is 12.8. The van der Waals surface area contributed by atoms with E-state index in [0.717, 1.165) is 19.5 Å². The Morgan fingerprint density at radius 1 is 1.26 bits per heavy atom. The van der Waals surface area contributed by atoms with Crippen LogP contribution in [0.15, 0.2) is 0 Å². The summed E-state index contributed by atoms with van der Waals surface area (Å²) in [5.41, 5.74) is 5.85. The summed E-state index contributed by atoms with van der Waals surface area (Å²) in [6.45, 7) is 8.80. The molecule has 2 unspecified atom stereocenters. The molecule has 110 valence electrons. The van der Waals surface area contributed by atoms with E-state index < -0.39 is 0 Å². The van der Waals surface area contributed by atoms with Gasteiger partial charge in [-0.05, 0) is 43.1 Å². The van der Waals surface area contributed by atoms with Crippen molar-refractivity contribution in [2.45, 2.75) is 52.9 Å². The lowest BCUT2D eigenvalue weighted by Crippen LogP contribution is -2.43. The van der Waals surface area contributed by atoms with E-state index >= 15 is 0 Å². The average molecular weight is 266 g/mol. The minimum Gasteiger partial charge on any atom is -0.342 e. The van der Waals surface area contributed by atoms with Gasteiger partial charge in [0.05, 0.1) is 0 Å². The number of carbonyl (C=O) groups excluding carboxylic acids is 1. The van der Waals surface area contributed by atoms with Crippen molar-refractivity contribution in [3.05, 3.63) is 0 Å². The molecule has 0 saturated heterocycles. The quantitative estimate of drug-likeness (QED) is 0.803. The van der Waals surface area contributed by atoms with E-state index in [1.807, 2.05) is 0 Å². The zero-order valence-corrected chi connectivity index (χ0v) is 12.8. The first-order chi connectivity index (χ1) is 9.00. The smallest absolute Gasteiger partial charge is 0.226 e. The highest BCUT2D eigenvalue weighted by Gasteiger charge is 2.55. The number of rotatable bonds is 6. The highest BCUT2D eigenvalue weighted by molar-refractivity contribution is 5.82. The first-order valence-electron chi connectivity index (χ1n) is 7.99. The monoisotopic (exact) mass is 266 g/mol. The predicted octanol–water partition coefficient (Wildman–Crippen LogP) is 2.65. The van der Waals surface area contributed by atoms with Gasteiger partial charge in [0.2, 0.25) is 5.91 Å². The number of hydrogen-bond acceptors (Lipinski definition) is 2. The van der Waals surface area contributed by atoms with E-state index in [4.69, 9.17) is 5.73 Å². The summed E-state index contributed by atoms with van der Waals surface area (Å²) in [5.74, 6) is 2.19. The first kappa shape index (κ1) is 14.8. The SMILES string of the molecule is CCCN(CC(C)(C)CN)C(=O)C1C2CCCCC21. The van der Waals surface area contributed by atoms with Crippen molar-refractivity contribution in [1.29, 1.82) is 0 Å². The topological polar surface area (TPSA) is 46.3 Å². The van der Waals surface area contributed by atoms with Crippen LogP contribution in [-0.2, 0) is 4.79 Å². The molecule has 2 atom stereocenters. The van der Waals surface area contributed by atoms with Gasteiger partial charge in [0.25, 0.3) is 0 Å². The van der Waals surface area contributed by atoms with Gasteiger partial charge in [0.15, 0.2) is 0 Å². The molecule has 0 radical (unpaired) electrons. The summed E-state index contributed by atoms with van der Waals surface area (Å²) in [6, 6.07) is 0. The molecule has 2 N–H and O–H groups in total. The van der Waals surface area contributed by atoms with E-state index in [9.17, 15) is 4.79 Å². The highest BCUT2D eigenvalue weighted by Crippen LogP contribution is 2.56. The molecule has 0 aromatic rings. The molecule has 0 bridgehead atoms. The standard InChI is InChI=1S/C16H30N2O/c1-4-9-18(11-16(2,3)10-17)15(19)14-12-7-5-6-8-13(12)14/h12-14H,4-11,17H2,1-3H3. The lowest BCUT2D eigenvalue weighted by atomic mass is 9.92. The van der Waals surface area contributed by atoms with Crippen molar-refractivity contribution in [3.8, 4) is 0 Å². The zero-order chi connectivity index (χ0) is 14.0. The molecule has 1 amide bonds. The minimum atomic E-state index is 0.0326. The molecule has 0 aromatic heterocycles. The Labute approximate surface area is 117 Å². The number of hydrogen-bond donors (Lipinski definition) is 1. The lowest BCUT2D eigenvalue weighted by molar-refractivity contribution is -0.134. The van der Waals surface area contributed by atoms with Gasteiger partial charge in [-0.25, -0.2) is 0 Å².